The second kappa shape index (κ2) is 10.8. The second-order valence-electron chi connectivity index (χ2n) is 6.88. The average Bonchev–Trinajstić information content (AvgIpc) is 3.21. The van der Waals surface area contributed by atoms with Crippen molar-refractivity contribution in [2.45, 2.75) is 26.3 Å². The summed E-state index contributed by atoms with van der Waals surface area (Å²) in [6.45, 7) is 3.88. The molecule has 1 heterocycles. The minimum Gasteiger partial charge on any atom is -0.326 e. The van der Waals surface area contributed by atoms with E-state index in [2.05, 4.69) is 58.0 Å². The summed E-state index contributed by atoms with van der Waals surface area (Å²) < 4.78 is 1.85. The molecule has 0 saturated carbocycles. The minimum atomic E-state index is -0.723. The smallest absolute Gasteiger partial charge is 0.319 e. The van der Waals surface area contributed by atoms with Gasteiger partial charge in [-0.1, -0.05) is 75.6 Å². The predicted molar refractivity (Wildman–Crippen MR) is 131 cm³/mol. The van der Waals surface area contributed by atoms with Crippen molar-refractivity contribution >= 4 is 66.0 Å². The van der Waals surface area contributed by atoms with Crippen LogP contribution in [0.5, 0.6) is 0 Å². The van der Waals surface area contributed by atoms with Crippen LogP contribution in [0, 0.1) is 5.92 Å². The Hall–Kier alpha value is -2.30. The van der Waals surface area contributed by atoms with E-state index in [-0.39, 0.29) is 11.8 Å². The van der Waals surface area contributed by atoms with E-state index in [0.29, 0.717) is 15.8 Å². The van der Waals surface area contributed by atoms with Gasteiger partial charge in [0, 0.05) is 20.2 Å². The van der Waals surface area contributed by atoms with Gasteiger partial charge < -0.3 is 10.6 Å². The number of urea groups is 1. The number of nitrogens with one attached hydrogen (secondary N) is 3. The molecule has 3 rings (SSSR count). The van der Waals surface area contributed by atoms with Crippen molar-refractivity contribution in [1.29, 1.82) is 0 Å². The highest BCUT2D eigenvalue weighted by Gasteiger charge is 2.27. The fourth-order valence-corrected chi connectivity index (χ4v) is 4.15. The molecule has 3 aromatic rings. The van der Waals surface area contributed by atoms with Crippen molar-refractivity contribution in [3.05, 3.63) is 57.5 Å². The summed E-state index contributed by atoms with van der Waals surface area (Å²) in [6, 6.07) is 13.7. The van der Waals surface area contributed by atoms with Crippen molar-refractivity contribution in [2.75, 3.05) is 10.6 Å². The molecule has 0 radical (unpaired) electrons. The van der Waals surface area contributed by atoms with Gasteiger partial charge in [0.05, 0.1) is 0 Å². The number of amides is 3. The third-order valence-corrected chi connectivity index (χ3v) is 6.52. The number of nitrogens with zero attached hydrogens (tertiary/aromatic N) is 2. The molecule has 1 aromatic heterocycles. The Bertz CT molecular complexity index is 1060. The second-order valence-corrected chi connectivity index (χ2v) is 9.69. The van der Waals surface area contributed by atoms with Gasteiger partial charge in [0.15, 0.2) is 0 Å². The zero-order chi connectivity index (χ0) is 22.4. The number of hydrogen-bond acceptors (Lipinski definition) is 5. The molecule has 10 heteroatoms. The Morgan fingerprint density at radius 3 is 2.45 bits per heavy atom. The summed E-state index contributed by atoms with van der Waals surface area (Å²) in [7, 11) is 0. The van der Waals surface area contributed by atoms with Crippen LogP contribution in [0.25, 0.3) is 10.6 Å². The molecule has 162 valence electrons. The van der Waals surface area contributed by atoms with Gasteiger partial charge in [-0.05, 0) is 42.3 Å². The Balaban J connectivity index is 1.67. The van der Waals surface area contributed by atoms with E-state index in [9.17, 15) is 9.59 Å². The van der Waals surface area contributed by atoms with Gasteiger partial charge in [-0.15, -0.1) is 10.2 Å². The molecule has 3 N–H and O–H groups in total. The normalized spacial score (nSPS) is 12.6. The Labute approximate surface area is 201 Å². The lowest BCUT2D eigenvalue weighted by Gasteiger charge is -2.23. The topological polar surface area (TPSA) is 96.0 Å². The van der Waals surface area contributed by atoms with Crippen molar-refractivity contribution in [2.24, 2.45) is 5.92 Å². The lowest BCUT2D eigenvalue weighted by Crippen LogP contribution is -2.49. The monoisotopic (exact) mass is 565 g/mol. The molecule has 3 amide bonds. The number of benzene rings is 2. The molecule has 7 nitrogen and oxygen atoms in total. The predicted octanol–water partition coefficient (Wildman–Crippen LogP) is 5.91. The van der Waals surface area contributed by atoms with Crippen LogP contribution in [0.15, 0.2) is 57.5 Å². The summed E-state index contributed by atoms with van der Waals surface area (Å²) in [5.74, 6) is -0.412. The fourth-order valence-electron chi connectivity index (χ4n) is 2.74. The Morgan fingerprint density at radius 2 is 1.77 bits per heavy atom. The largest absolute Gasteiger partial charge is 0.326 e. The molecule has 0 aliphatic heterocycles. The standard InChI is InChI=1S/C21H21Br2N5O2S/c1-3-12(2)17(25-20(30)24-16-9-7-14(22)8-10-16)18(29)26-21-28-27-19(31-21)13-5-4-6-15(23)11-13/h4-12,17H,3H2,1-2H3,(H2,24,25,30)(H,26,28,29)/t12-,17-/m0/s1. The molecule has 2 atom stereocenters. The van der Waals surface area contributed by atoms with Gasteiger partial charge in [0.1, 0.15) is 11.0 Å². The first-order valence-electron chi connectivity index (χ1n) is 9.59. The van der Waals surface area contributed by atoms with E-state index >= 15 is 0 Å². The van der Waals surface area contributed by atoms with Gasteiger partial charge in [-0.2, -0.15) is 0 Å². The van der Waals surface area contributed by atoms with E-state index in [0.717, 1.165) is 20.9 Å². The first-order valence-corrected chi connectivity index (χ1v) is 12.0. The maximum absolute atomic E-state index is 12.9. The molecule has 0 bridgehead atoms. The molecule has 0 unspecified atom stereocenters. The van der Waals surface area contributed by atoms with E-state index < -0.39 is 12.1 Å². The number of carbonyl (C=O) groups excluding carboxylic acids is 2. The lowest BCUT2D eigenvalue weighted by atomic mass is 9.98. The number of halogens is 2. The van der Waals surface area contributed by atoms with Gasteiger partial charge in [-0.25, -0.2) is 4.79 Å². The van der Waals surface area contributed by atoms with Crippen molar-refractivity contribution in [1.82, 2.24) is 15.5 Å². The number of anilines is 2. The molecule has 0 fully saturated rings. The van der Waals surface area contributed by atoms with Gasteiger partial charge in [0.2, 0.25) is 11.0 Å². The van der Waals surface area contributed by atoms with Crippen molar-refractivity contribution < 1.29 is 9.59 Å². The van der Waals surface area contributed by atoms with Crippen molar-refractivity contribution in [3.8, 4) is 10.6 Å². The molecule has 0 aliphatic rings. The fraction of sp³-hybridized carbons (Fsp3) is 0.238. The number of rotatable bonds is 7. The van der Waals surface area contributed by atoms with E-state index in [1.165, 1.54) is 11.3 Å². The van der Waals surface area contributed by atoms with E-state index in [1.54, 1.807) is 12.1 Å². The molecular weight excluding hydrogens is 546 g/mol. The summed E-state index contributed by atoms with van der Waals surface area (Å²) in [6.07, 6.45) is 0.718. The highest BCUT2D eigenvalue weighted by molar-refractivity contribution is 9.10. The summed E-state index contributed by atoms with van der Waals surface area (Å²) in [4.78, 5) is 25.4. The van der Waals surface area contributed by atoms with Gasteiger partial charge in [-0.3, -0.25) is 10.1 Å². The Kier molecular flexibility index (Phi) is 8.16. The average molecular weight is 567 g/mol. The van der Waals surface area contributed by atoms with Crippen LogP contribution >= 0.6 is 43.2 Å². The van der Waals surface area contributed by atoms with Gasteiger partial charge in [0.25, 0.3) is 0 Å². The molecule has 2 aromatic carbocycles. The van der Waals surface area contributed by atoms with Gasteiger partial charge >= 0.3 is 6.03 Å². The minimum absolute atomic E-state index is 0.0758. The molecule has 0 saturated heterocycles. The van der Waals surface area contributed by atoms with Crippen LogP contribution in [0.4, 0.5) is 15.6 Å². The molecule has 0 spiro atoms. The summed E-state index contributed by atoms with van der Waals surface area (Å²) >= 11 is 8.07. The van der Waals surface area contributed by atoms with Crippen LogP contribution in [0.3, 0.4) is 0 Å². The van der Waals surface area contributed by atoms with Crippen LogP contribution in [-0.4, -0.2) is 28.2 Å². The summed E-state index contributed by atoms with van der Waals surface area (Å²) in [5.41, 5.74) is 1.53. The number of carbonyl (C=O) groups is 2. The maximum atomic E-state index is 12.9. The van der Waals surface area contributed by atoms with Crippen LogP contribution in [0.2, 0.25) is 0 Å². The number of aromatic nitrogens is 2. The lowest BCUT2D eigenvalue weighted by molar-refractivity contribution is -0.119. The quantitative estimate of drug-likeness (QED) is 0.331. The van der Waals surface area contributed by atoms with Crippen LogP contribution in [0.1, 0.15) is 20.3 Å². The first-order chi connectivity index (χ1) is 14.9. The zero-order valence-corrected chi connectivity index (χ0v) is 20.8. The number of hydrogen-bond donors (Lipinski definition) is 3. The third kappa shape index (κ3) is 6.59. The molecule has 31 heavy (non-hydrogen) atoms. The van der Waals surface area contributed by atoms with Crippen LogP contribution in [-0.2, 0) is 4.79 Å². The molecular formula is C21H21Br2N5O2S. The first kappa shape index (κ1) is 23.4. The highest BCUT2D eigenvalue weighted by atomic mass is 79.9. The Morgan fingerprint density at radius 1 is 1.03 bits per heavy atom. The zero-order valence-electron chi connectivity index (χ0n) is 16.9. The maximum Gasteiger partial charge on any atom is 0.319 e. The summed E-state index contributed by atoms with van der Waals surface area (Å²) in [5, 5.41) is 17.6. The van der Waals surface area contributed by atoms with E-state index in [1.807, 2.05) is 50.2 Å². The van der Waals surface area contributed by atoms with E-state index in [4.69, 9.17) is 0 Å². The highest BCUT2D eigenvalue weighted by Crippen LogP contribution is 2.28. The SMILES string of the molecule is CC[C@H](C)[C@H](NC(=O)Nc1ccc(Br)cc1)C(=O)Nc1nnc(-c2cccc(Br)c2)s1. The van der Waals surface area contributed by atoms with Crippen LogP contribution < -0.4 is 16.0 Å². The molecule has 0 aliphatic carbocycles. The van der Waals surface area contributed by atoms with Crippen molar-refractivity contribution in [3.63, 3.8) is 0 Å². The third-order valence-electron chi connectivity index (χ3n) is 4.61.